The quantitative estimate of drug-likeness (QED) is 0.721. The van der Waals surface area contributed by atoms with Gasteiger partial charge in [-0.15, -0.1) is 0 Å². The van der Waals surface area contributed by atoms with Crippen molar-refractivity contribution >= 4 is 12.1 Å². The minimum Gasteiger partial charge on any atom is -0.466 e. The predicted molar refractivity (Wildman–Crippen MR) is 71.8 cm³/mol. The summed E-state index contributed by atoms with van der Waals surface area (Å²) in [5, 5.41) is 0. The fraction of sp³-hybridized carbons (Fsp3) is 0.857. The molecule has 0 radical (unpaired) electrons. The van der Waals surface area contributed by atoms with Gasteiger partial charge in [0.15, 0.2) is 0 Å². The standard InChI is InChI=1S/C14H25NO4/c1-4-15(14(17)19-6-3)12-10-8-7-9-11(12)13(16)18-5-2/h11-12H,4-10H2,1-3H3. The molecule has 19 heavy (non-hydrogen) atoms. The van der Waals surface area contributed by atoms with Crippen molar-refractivity contribution in [3.8, 4) is 0 Å². The molecule has 1 aliphatic carbocycles. The molecule has 0 heterocycles. The topological polar surface area (TPSA) is 55.8 Å². The second kappa shape index (κ2) is 8.02. The van der Waals surface area contributed by atoms with E-state index >= 15 is 0 Å². The van der Waals surface area contributed by atoms with E-state index in [-0.39, 0.29) is 24.0 Å². The second-order valence-corrected chi connectivity index (χ2v) is 4.70. The number of hydrogen-bond donors (Lipinski definition) is 0. The van der Waals surface area contributed by atoms with Crippen molar-refractivity contribution in [1.29, 1.82) is 0 Å². The minimum atomic E-state index is -0.328. The van der Waals surface area contributed by atoms with Gasteiger partial charge in [0.25, 0.3) is 0 Å². The third kappa shape index (κ3) is 4.11. The average Bonchev–Trinajstić information content (AvgIpc) is 2.41. The van der Waals surface area contributed by atoms with Crippen LogP contribution in [0.2, 0.25) is 0 Å². The van der Waals surface area contributed by atoms with Crippen molar-refractivity contribution in [3.05, 3.63) is 0 Å². The van der Waals surface area contributed by atoms with Gasteiger partial charge >= 0.3 is 12.1 Å². The van der Waals surface area contributed by atoms with Crippen molar-refractivity contribution < 1.29 is 19.1 Å². The van der Waals surface area contributed by atoms with Gasteiger partial charge in [-0.05, 0) is 33.6 Å². The molecule has 0 bridgehead atoms. The molecule has 1 saturated carbocycles. The largest absolute Gasteiger partial charge is 0.466 e. The third-order valence-corrected chi connectivity index (χ3v) is 3.56. The van der Waals surface area contributed by atoms with Crippen LogP contribution in [0.1, 0.15) is 46.5 Å². The van der Waals surface area contributed by atoms with Gasteiger partial charge in [0.05, 0.1) is 19.1 Å². The lowest BCUT2D eigenvalue weighted by molar-refractivity contribution is -0.151. The van der Waals surface area contributed by atoms with Gasteiger partial charge in [-0.25, -0.2) is 4.79 Å². The van der Waals surface area contributed by atoms with Gasteiger partial charge < -0.3 is 14.4 Å². The Morgan fingerprint density at radius 1 is 1.05 bits per heavy atom. The van der Waals surface area contributed by atoms with E-state index in [9.17, 15) is 9.59 Å². The average molecular weight is 271 g/mol. The van der Waals surface area contributed by atoms with Crippen LogP contribution in [-0.4, -0.2) is 42.8 Å². The highest BCUT2D eigenvalue weighted by atomic mass is 16.6. The van der Waals surface area contributed by atoms with Crippen LogP contribution in [0.3, 0.4) is 0 Å². The minimum absolute atomic E-state index is 0.0863. The van der Waals surface area contributed by atoms with E-state index in [2.05, 4.69) is 0 Å². The van der Waals surface area contributed by atoms with Gasteiger partial charge in [-0.3, -0.25) is 4.79 Å². The highest BCUT2D eigenvalue weighted by Crippen LogP contribution is 2.30. The maximum atomic E-state index is 12.0. The molecule has 0 aliphatic heterocycles. The predicted octanol–water partition coefficient (Wildman–Crippen LogP) is 2.59. The summed E-state index contributed by atoms with van der Waals surface area (Å²) >= 11 is 0. The zero-order chi connectivity index (χ0) is 14.3. The summed E-state index contributed by atoms with van der Waals surface area (Å²) in [7, 11) is 0. The highest BCUT2D eigenvalue weighted by molar-refractivity contribution is 5.75. The van der Waals surface area contributed by atoms with E-state index in [1.165, 1.54) is 0 Å². The van der Waals surface area contributed by atoms with E-state index in [4.69, 9.17) is 9.47 Å². The fourth-order valence-corrected chi connectivity index (χ4v) is 2.71. The summed E-state index contributed by atoms with van der Waals surface area (Å²) in [6, 6.07) is -0.0863. The zero-order valence-corrected chi connectivity index (χ0v) is 12.2. The van der Waals surface area contributed by atoms with Crippen LogP contribution in [-0.2, 0) is 14.3 Å². The molecule has 5 nitrogen and oxygen atoms in total. The molecule has 1 aliphatic rings. The van der Waals surface area contributed by atoms with Crippen molar-refractivity contribution in [3.63, 3.8) is 0 Å². The van der Waals surface area contributed by atoms with Crippen molar-refractivity contribution in [2.24, 2.45) is 5.92 Å². The Kier molecular flexibility index (Phi) is 6.67. The lowest BCUT2D eigenvalue weighted by Gasteiger charge is -2.37. The molecule has 0 spiro atoms. The lowest BCUT2D eigenvalue weighted by Crippen LogP contribution is -2.48. The normalized spacial score (nSPS) is 22.7. The first-order valence-corrected chi connectivity index (χ1v) is 7.25. The molecule has 0 aromatic heterocycles. The number of nitrogens with zero attached hydrogens (tertiary/aromatic N) is 1. The number of ether oxygens (including phenoxy) is 2. The molecule has 5 heteroatoms. The summed E-state index contributed by atoms with van der Waals surface area (Å²) in [4.78, 5) is 25.6. The molecule has 0 saturated heterocycles. The molecule has 0 N–H and O–H groups in total. The van der Waals surface area contributed by atoms with E-state index in [1.807, 2.05) is 6.92 Å². The van der Waals surface area contributed by atoms with Crippen LogP contribution in [0.15, 0.2) is 0 Å². The van der Waals surface area contributed by atoms with Crippen molar-refractivity contribution in [2.45, 2.75) is 52.5 Å². The first kappa shape index (κ1) is 15.8. The summed E-state index contributed by atoms with van der Waals surface area (Å²) < 4.78 is 10.2. The fourth-order valence-electron chi connectivity index (χ4n) is 2.71. The first-order chi connectivity index (χ1) is 9.15. The Morgan fingerprint density at radius 2 is 1.68 bits per heavy atom. The van der Waals surface area contributed by atoms with Gasteiger partial charge in [-0.1, -0.05) is 12.8 Å². The van der Waals surface area contributed by atoms with Crippen molar-refractivity contribution in [2.75, 3.05) is 19.8 Å². The van der Waals surface area contributed by atoms with Gasteiger partial charge in [0.2, 0.25) is 0 Å². The number of carbonyl (C=O) groups excluding carboxylic acids is 2. The Bertz CT molecular complexity index is 286. The Hall–Kier alpha value is -1.26. The SMILES string of the molecule is CCOC(=O)C1CCCCC1N(CC)C(=O)OCC. The maximum absolute atomic E-state index is 12.0. The molecule has 2 atom stereocenters. The van der Waals surface area contributed by atoms with E-state index in [1.54, 1.807) is 18.7 Å². The Balaban J connectivity index is 2.78. The van der Waals surface area contributed by atoms with E-state index in [0.29, 0.717) is 19.8 Å². The third-order valence-electron chi connectivity index (χ3n) is 3.56. The number of esters is 1. The van der Waals surface area contributed by atoms with Gasteiger partial charge in [-0.2, -0.15) is 0 Å². The van der Waals surface area contributed by atoms with Crippen LogP contribution in [0, 0.1) is 5.92 Å². The van der Waals surface area contributed by atoms with Crippen LogP contribution >= 0.6 is 0 Å². The van der Waals surface area contributed by atoms with E-state index in [0.717, 1.165) is 25.7 Å². The van der Waals surface area contributed by atoms with Crippen LogP contribution in [0.25, 0.3) is 0 Å². The van der Waals surface area contributed by atoms with Crippen LogP contribution in [0.5, 0.6) is 0 Å². The van der Waals surface area contributed by atoms with Gasteiger partial charge in [0.1, 0.15) is 0 Å². The number of hydrogen-bond acceptors (Lipinski definition) is 4. The molecule has 1 rings (SSSR count). The smallest absolute Gasteiger partial charge is 0.410 e. The van der Waals surface area contributed by atoms with E-state index < -0.39 is 0 Å². The first-order valence-electron chi connectivity index (χ1n) is 7.25. The monoisotopic (exact) mass is 271 g/mol. The molecule has 2 unspecified atom stereocenters. The number of rotatable bonds is 5. The summed E-state index contributed by atoms with van der Waals surface area (Å²) in [6.07, 6.45) is 3.36. The number of carbonyl (C=O) groups is 2. The molecular formula is C14H25NO4. The Morgan fingerprint density at radius 3 is 2.26 bits per heavy atom. The highest BCUT2D eigenvalue weighted by Gasteiger charge is 2.37. The maximum Gasteiger partial charge on any atom is 0.410 e. The summed E-state index contributed by atoms with van der Waals surface area (Å²) in [5.41, 5.74) is 0. The summed E-state index contributed by atoms with van der Waals surface area (Å²) in [6.45, 7) is 6.79. The second-order valence-electron chi connectivity index (χ2n) is 4.70. The van der Waals surface area contributed by atoms with Crippen LogP contribution < -0.4 is 0 Å². The lowest BCUT2D eigenvalue weighted by atomic mass is 9.83. The van der Waals surface area contributed by atoms with Gasteiger partial charge in [0, 0.05) is 12.6 Å². The summed E-state index contributed by atoms with van der Waals surface area (Å²) in [5.74, 6) is -0.395. The molecule has 0 aromatic carbocycles. The molecule has 0 aromatic rings. The zero-order valence-electron chi connectivity index (χ0n) is 12.2. The molecule has 110 valence electrons. The number of amides is 1. The van der Waals surface area contributed by atoms with Crippen LogP contribution in [0.4, 0.5) is 4.79 Å². The van der Waals surface area contributed by atoms with Crippen molar-refractivity contribution in [1.82, 2.24) is 4.90 Å². The molecule has 1 amide bonds. The Labute approximate surface area is 115 Å². The molecule has 1 fully saturated rings. The molecular weight excluding hydrogens is 246 g/mol.